The first kappa shape index (κ1) is 24.5. The highest BCUT2D eigenvalue weighted by atomic mass is 32.1. The number of furan rings is 1. The molecule has 0 aliphatic heterocycles. The molecule has 2 aliphatic rings. The lowest BCUT2D eigenvalue weighted by molar-refractivity contribution is 0.0526. The van der Waals surface area contributed by atoms with E-state index in [9.17, 15) is 9.59 Å². The zero-order valence-electron chi connectivity index (χ0n) is 20.7. The average Bonchev–Trinajstić information content (AvgIpc) is 3.53. The molecule has 0 radical (unpaired) electrons. The molecule has 0 spiro atoms. The zero-order chi connectivity index (χ0) is 24.9. The van der Waals surface area contributed by atoms with Crippen molar-refractivity contribution in [3.8, 4) is 11.3 Å². The number of ether oxygens (including phenoxy) is 1. The topological polar surface area (TPSA) is 80.9 Å². The van der Waals surface area contributed by atoms with Gasteiger partial charge in [0, 0.05) is 16.5 Å². The Hall–Kier alpha value is -3.19. The van der Waals surface area contributed by atoms with E-state index in [2.05, 4.69) is 5.32 Å². The number of aryl methyl sites for hydroxylation is 1. The molecule has 0 unspecified atom stereocenters. The lowest BCUT2D eigenvalue weighted by Crippen LogP contribution is -2.36. The maximum absolute atomic E-state index is 13.3. The molecule has 7 heteroatoms. The minimum atomic E-state index is -0.335. The van der Waals surface area contributed by atoms with Gasteiger partial charge in [0.1, 0.15) is 16.5 Å². The molecule has 188 valence electrons. The number of esters is 1. The van der Waals surface area contributed by atoms with Gasteiger partial charge >= 0.3 is 5.97 Å². The summed E-state index contributed by atoms with van der Waals surface area (Å²) < 4.78 is 11.0. The van der Waals surface area contributed by atoms with Crippen molar-refractivity contribution in [2.45, 2.75) is 70.8 Å². The number of rotatable bonds is 7. The molecule has 0 saturated heterocycles. The van der Waals surface area contributed by atoms with E-state index >= 15 is 0 Å². The van der Waals surface area contributed by atoms with Crippen LogP contribution >= 0.6 is 11.3 Å². The average molecular weight is 505 g/mol. The first-order chi connectivity index (χ1) is 17.6. The van der Waals surface area contributed by atoms with Gasteiger partial charge < -0.3 is 14.5 Å². The first-order valence-corrected chi connectivity index (χ1v) is 13.8. The van der Waals surface area contributed by atoms with Crippen molar-refractivity contribution in [1.82, 2.24) is 5.32 Å². The minimum Gasteiger partial charge on any atom is -0.462 e. The van der Waals surface area contributed by atoms with Crippen molar-refractivity contribution in [2.24, 2.45) is 4.99 Å². The molecule has 3 aromatic rings. The number of amides is 1. The van der Waals surface area contributed by atoms with Crippen LogP contribution < -0.4 is 5.32 Å². The van der Waals surface area contributed by atoms with E-state index in [0.717, 1.165) is 54.7 Å². The smallest absolute Gasteiger partial charge is 0.338 e. The molecule has 0 atom stereocenters. The summed E-state index contributed by atoms with van der Waals surface area (Å²) >= 11 is 1.64. The van der Waals surface area contributed by atoms with E-state index in [1.165, 1.54) is 29.7 Å². The Labute approximate surface area is 215 Å². The summed E-state index contributed by atoms with van der Waals surface area (Å²) in [5.41, 5.74) is 3.32. The summed E-state index contributed by atoms with van der Waals surface area (Å²) in [5, 5.41) is 4.06. The highest BCUT2D eigenvalue weighted by Gasteiger charge is 2.27. The van der Waals surface area contributed by atoms with Gasteiger partial charge in [-0.15, -0.1) is 11.3 Å². The van der Waals surface area contributed by atoms with Crippen LogP contribution in [-0.4, -0.2) is 30.7 Å². The number of hydrogen-bond acceptors (Lipinski definition) is 6. The van der Waals surface area contributed by atoms with E-state index < -0.39 is 0 Å². The molecule has 1 saturated carbocycles. The number of nitrogens with zero attached hydrogens (tertiary/aromatic N) is 1. The predicted octanol–water partition coefficient (Wildman–Crippen LogP) is 6.88. The van der Waals surface area contributed by atoms with Crippen molar-refractivity contribution < 1.29 is 18.7 Å². The zero-order valence-corrected chi connectivity index (χ0v) is 21.5. The van der Waals surface area contributed by atoms with Gasteiger partial charge in [-0.1, -0.05) is 31.4 Å². The maximum Gasteiger partial charge on any atom is 0.338 e. The van der Waals surface area contributed by atoms with Crippen LogP contribution in [0.25, 0.3) is 11.3 Å². The van der Waals surface area contributed by atoms with Gasteiger partial charge in [-0.05, 0) is 75.3 Å². The minimum absolute atomic E-state index is 0.0234. The van der Waals surface area contributed by atoms with Crippen molar-refractivity contribution in [1.29, 1.82) is 0 Å². The van der Waals surface area contributed by atoms with Gasteiger partial charge in [-0.2, -0.15) is 0 Å². The van der Waals surface area contributed by atoms with E-state index in [0.29, 0.717) is 23.7 Å². The van der Waals surface area contributed by atoms with Gasteiger partial charge in [-0.3, -0.25) is 4.79 Å². The van der Waals surface area contributed by atoms with Gasteiger partial charge in [0.25, 0.3) is 5.91 Å². The van der Waals surface area contributed by atoms with E-state index in [1.54, 1.807) is 36.6 Å². The molecule has 1 aromatic carbocycles. The third-order valence-corrected chi connectivity index (χ3v) is 8.14. The third-order valence-electron chi connectivity index (χ3n) is 6.94. The summed E-state index contributed by atoms with van der Waals surface area (Å²) in [6, 6.07) is 11.2. The molecule has 1 fully saturated rings. The summed E-state index contributed by atoms with van der Waals surface area (Å²) in [7, 11) is 0. The largest absolute Gasteiger partial charge is 0.462 e. The summed E-state index contributed by atoms with van der Waals surface area (Å²) in [6.45, 7) is 2.13. The van der Waals surface area contributed by atoms with Gasteiger partial charge in [-0.25, -0.2) is 9.79 Å². The van der Waals surface area contributed by atoms with Crippen LogP contribution in [0.5, 0.6) is 0 Å². The van der Waals surface area contributed by atoms with Crippen LogP contribution in [0.2, 0.25) is 0 Å². The van der Waals surface area contributed by atoms with Crippen LogP contribution in [-0.2, 0) is 17.6 Å². The molecular formula is C29H32N2O4S. The second-order valence-corrected chi connectivity index (χ2v) is 10.5. The van der Waals surface area contributed by atoms with E-state index in [1.807, 2.05) is 24.3 Å². The van der Waals surface area contributed by atoms with Crippen molar-refractivity contribution in [2.75, 3.05) is 6.61 Å². The second kappa shape index (κ2) is 11.2. The molecule has 2 aromatic heterocycles. The van der Waals surface area contributed by atoms with Crippen LogP contribution in [0.1, 0.15) is 88.8 Å². The van der Waals surface area contributed by atoms with E-state index in [4.69, 9.17) is 14.1 Å². The molecule has 5 rings (SSSR count). The SMILES string of the molecule is CCOC(=O)c1ccc(-c2ccc(/C=N\c3sc4c(c3C(=O)NC3CCCCC3)CCCC4)o2)cc1. The number of nitrogens with one attached hydrogen (secondary N) is 1. The fourth-order valence-corrected chi connectivity index (χ4v) is 6.30. The summed E-state index contributed by atoms with van der Waals surface area (Å²) in [4.78, 5) is 31.3. The van der Waals surface area contributed by atoms with Gasteiger partial charge in [0.15, 0.2) is 0 Å². The number of aliphatic imine (C=N–C) groups is 1. The van der Waals surface area contributed by atoms with E-state index in [-0.39, 0.29) is 17.9 Å². The first-order valence-electron chi connectivity index (χ1n) is 13.0. The number of benzene rings is 1. The molecule has 2 aliphatic carbocycles. The highest BCUT2D eigenvalue weighted by Crippen LogP contribution is 2.40. The van der Waals surface area contributed by atoms with Crippen molar-refractivity contribution in [3.63, 3.8) is 0 Å². The third kappa shape index (κ3) is 5.46. The quantitative estimate of drug-likeness (QED) is 0.281. The molecule has 2 heterocycles. The Balaban J connectivity index is 1.34. The standard InChI is InChI=1S/C29H32N2O4S/c1-2-34-29(33)20-14-12-19(13-15-20)24-17-16-22(35-24)18-30-28-26(23-10-6-7-11-25(23)36-28)27(32)31-21-8-4-3-5-9-21/h12-18,21H,2-11H2,1H3,(H,31,32)/b30-18-. The van der Waals surface area contributed by atoms with Crippen LogP contribution in [0, 0.1) is 0 Å². The molecule has 0 bridgehead atoms. The molecule has 1 amide bonds. The fourth-order valence-electron chi connectivity index (χ4n) is 5.07. The normalized spacial score (nSPS) is 16.1. The van der Waals surface area contributed by atoms with Crippen molar-refractivity contribution >= 4 is 34.4 Å². The van der Waals surface area contributed by atoms with Crippen molar-refractivity contribution in [3.05, 3.63) is 63.7 Å². The number of thiophene rings is 1. The molecule has 1 N–H and O–H groups in total. The predicted molar refractivity (Wildman–Crippen MR) is 143 cm³/mol. The number of hydrogen-bond donors (Lipinski definition) is 1. The Kier molecular flexibility index (Phi) is 7.66. The van der Waals surface area contributed by atoms with Gasteiger partial charge in [0.2, 0.25) is 0 Å². The Bertz CT molecular complexity index is 1250. The monoisotopic (exact) mass is 504 g/mol. The molecule has 36 heavy (non-hydrogen) atoms. The second-order valence-electron chi connectivity index (χ2n) is 9.46. The van der Waals surface area contributed by atoms with Crippen LogP contribution in [0.3, 0.4) is 0 Å². The highest BCUT2D eigenvalue weighted by molar-refractivity contribution is 7.16. The lowest BCUT2D eigenvalue weighted by atomic mass is 9.93. The molecule has 6 nitrogen and oxygen atoms in total. The number of carbonyl (C=O) groups is 2. The Morgan fingerprint density at radius 3 is 2.61 bits per heavy atom. The summed E-state index contributed by atoms with van der Waals surface area (Å²) in [5.74, 6) is 0.991. The maximum atomic E-state index is 13.3. The summed E-state index contributed by atoms with van der Waals surface area (Å²) in [6.07, 6.45) is 11.7. The van der Waals surface area contributed by atoms with Gasteiger partial charge in [0.05, 0.1) is 23.9 Å². The van der Waals surface area contributed by atoms with Crippen LogP contribution in [0.4, 0.5) is 5.00 Å². The molecular weight excluding hydrogens is 472 g/mol. The fraction of sp³-hybridized carbons (Fsp3) is 0.414. The lowest BCUT2D eigenvalue weighted by Gasteiger charge is -2.23. The number of carbonyl (C=O) groups excluding carboxylic acids is 2. The Morgan fingerprint density at radius 2 is 1.83 bits per heavy atom. The Morgan fingerprint density at radius 1 is 1.06 bits per heavy atom. The van der Waals surface area contributed by atoms with Crippen LogP contribution in [0.15, 0.2) is 45.8 Å². The number of fused-ring (bicyclic) bond motifs is 1.